The number of amides is 1. The highest BCUT2D eigenvalue weighted by Crippen LogP contribution is 2.28. The lowest BCUT2D eigenvalue weighted by Gasteiger charge is -2.30. The van der Waals surface area contributed by atoms with Gasteiger partial charge in [-0.2, -0.15) is 4.31 Å². The highest BCUT2D eigenvalue weighted by Gasteiger charge is 2.28. The van der Waals surface area contributed by atoms with Crippen molar-refractivity contribution >= 4 is 27.4 Å². The van der Waals surface area contributed by atoms with Gasteiger partial charge in [0.15, 0.2) is 23.9 Å². The quantitative estimate of drug-likeness (QED) is 0.606. The van der Waals surface area contributed by atoms with Gasteiger partial charge in [0, 0.05) is 24.3 Å². The molecule has 0 aliphatic carbocycles. The van der Waals surface area contributed by atoms with Crippen molar-refractivity contribution in [1.29, 1.82) is 0 Å². The summed E-state index contributed by atoms with van der Waals surface area (Å²) in [7, 11) is -2.10. The number of nitrogens with one attached hydrogen (secondary N) is 1. The van der Waals surface area contributed by atoms with Crippen LogP contribution in [0.3, 0.4) is 0 Å². The molecule has 0 spiro atoms. The van der Waals surface area contributed by atoms with Crippen LogP contribution >= 0.6 is 0 Å². The second-order valence-electron chi connectivity index (χ2n) is 7.89. The van der Waals surface area contributed by atoms with Crippen LogP contribution in [0.25, 0.3) is 0 Å². The monoisotopic (exact) mass is 460 g/mol. The van der Waals surface area contributed by atoms with E-state index in [1.54, 1.807) is 30.3 Å². The van der Waals surface area contributed by atoms with E-state index in [0.29, 0.717) is 41.8 Å². The molecule has 0 saturated carbocycles. The van der Waals surface area contributed by atoms with Crippen LogP contribution in [0, 0.1) is 5.92 Å². The number of nitrogens with zero attached hydrogens (tertiary/aromatic N) is 1. The molecule has 172 valence electrons. The van der Waals surface area contributed by atoms with Crippen molar-refractivity contribution in [3.05, 3.63) is 48.0 Å². The second kappa shape index (κ2) is 10.1. The lowest BCUT2D eigenvalue weighted by molar-refractivity contribution is -0.118. The first-order valence-corrected chi connectivity index (χ1v) is 11.9. The summed E-state index contributed by atoms with van der Waals surface area (Å²) >= 11 is 0. The molecule has 2 aromatic carbocycles. The zero-order valence-corrected chi connectivity index (χ0v) is 19.3. The molecule has 1 aliphatic rings. The van der Waals surface area contributed by atoms with Crippen LogP contribution in [0.5, 0.6) is 11.5 Å². The van der Waals surface area contributed by atoms with E-state index < -0.39 is 15.9 Å². The Morgan fingerprint density at radius 3 is 2.47 bits per heavy atom. The zero-order chi connectivity index (χ0) is 23.3. The normalized spacial score (nSPS) is 16.9. The van der Waals surface area contributed by atoms with Gasteiger partial charge in [0.05, 0.1) is 12.0 Å². The van der Waals surface area contributed by atoms with Crippen molar-refractivity contribution < 1.29 is 27.5 Å². The van der Waals surface area contributed by atoms with Crippen molar-refractivity contribution in [2.24, 2.45) is 5.92 Å². The molecule has 9 heteroatoms. The number of methoxy groups -OCH3 is 1. The van der Waals surface area contributed by atoms with Crippen molar-refractivity contribution in [2.45, 2.75) is 31.6 Å². The van der Waals surface area contributed by atoms with Crippen LogP contribution in [-0.2, 0) is 14.8 Å². The molecule has 8 nitrogen and oxygen atoms in total. The Labute approximate surface area is 188 Å². The molecule has 1 saturated heterocycles. The molecular weight excluding hydrogens is 432 g/mol. The number of carbonyl (C=O) groups excluding carboxylic acids is 2. The second-order valence-corrected chi connectivity index (χ2v) is 9.83. The topological polar surface area (TPSA) is 102 Å². The van der Waals surface area contributed by atoms with Gasteiger partial charge < -0.3 is 14.8 Å². The van der Waals surface area contributed by atoms with Gasteiger partial charge in [-0.05, 0) is 68.1 Å². The Kier molecular flexibility index (Phi) is 7.52. The SMILES string of the molecule is COc1cc(C(C)=O)ccc1OCC(=O)Nc1ccc(S(=O)(=O)N2CCC[C@@H](C)C2)cc1. The maximum Gasteiger partial charge on any atom is 0.262 e. The maximum absolute atomic E-state index is 12.8. The molecule has 1 aliphatic heterocycles. The number of anilines is 1. The fraction of sp³-hybridized carbons (Fsp3) is 0.391. The number of ether oxygens (including phenoxy) is 2. The van der Waals surface area contributed by atoms with Gasteiger partial charge in [0.25, 0.3) is 5.91 Å². The number of sulfonamides is 1. The van der Waals surface area contributed by atoms with Crippen LogP contribution in [0.1, 0.15) is 37.0 Å². The summed E-state index contributed by atoms with van der Waals surface area (Å²) in [4.78, 5) is 24.0. The lowest BCUT2D eigenvalue weighted by Crippen LogP contribution is -2.39. The van der Waals surface area contributed by atoms with E-state index in [-0.39, 0.29) is 17.3 Å². The number of piperidine rings is 1. The van der Waals surface area contributed by atoms with Crippen LogP contribution in [-0.4, -0.2) is 51.2 Å². The highest BCUT2D eigenvalue weighted by atomic mass is 32.2. The number of benzene rings is 2. The molecule has 1 heterocycles. The Balaban J connectivity index is 1.60. The van der Waals surface area contributed by atoms with E-state index in [1.165, 1.54) is 30.5 Å². The average molecular weight is 461 g/mol. The summed E-state index contributed by atoms with van der Waals surface area (Å²) in [6.07, 6.45) is 1.89. The van der Waals surface area contributed by atoms with Crippen molar-refractivity contribution in [3.8, 4) is 11.5 Å². The summed E-state index contributed by atoms with van der Waals surface area (Å²) in [5, 5.41) is 2.68. The molecule has 1 N–H and O–H groups in total. The summed E-state index contributed by atoms with van der Waals surface area (Å²) in [5.74, 6) is 0.516. The Bertz CT molecular complexity index is 1080. The van der Waals surface area contributed by atoms with Crippen molar-refractivity contribution in [1.82, 2.24) is 4.31 Å². The predicted molar refractivity (Wildman–Crippen MR) is 121 cm³/mol. The summed E-state index contributed by atoms with van der Waals surface area (Å²) in [6.45, 7) is 4.28. The number of ketones is 1. The minimum absolute atomic E-state index is 0.104. The van der Waals surface area contributed by atoms with Gasteiger partial charge in [-0.3, -0.25) is 9.59 Å². The number of Topliss-reactive ketones (excluding diaryl/α,β-unsaturated/α-hetero) is 1. The third-order valence-corrected chi connectivity index (χ3v) is 7.20. The van der Waals surface area contributed by atoms with E-state index in [2.05, 4.69) is 12.2 Å². The molecule has 1 atom stereocenters. The Morgan fingerprint density at radius 2 is 1.84 bits per heavy atom. The predicted octanol–water partition coefficient (Wildman–Crippen LogP) is 3.34. The van der Waals surface area contributed by atoms with Gasteiger partial charge in [-0.1, -0.05) is 6.92 Å². The first-order chi connectivity index (χ1) is 15.2. The molecular formula is C23H28N2O6S. The Morgan fingerprint density at radius 1 is 1.12 bits per heavy atom. The van der Waals surface area contributed by atoms with Crippen LogP contribution < -0.4 is 14.8 Å². The van der Waals surface area contributed by atoms with Gasteiger partial charge in [-0.25, -0.2) is 8.42 Å². The summed E-state index contributed by atoms with van der Waals surface area (Å²) < 4.78 is 37.9. The molecule has 1 amide bonds. The van der Waals surface area contributed by atoms with Crippen molar-refractivity contribution in [3.63, 3.8) is 0 Å². The highest BCUT2D eigenvalue weighted by molar-refractivity contribution is 7.89. The van der Waals surface area contributed by atoms with Crippen molar-refractivity contribution in [2.75, 3.05) is 32.1 Å². The van der Waals surface area contributed by atoms with Gasteiger partial charge in [0.1, 0.15) is 0 Å². The van der Waals surface area contributed by atoms with Gasteiger partial charge >= 0.3 is 0 Å². The number of hydrogen-bond donors (Lipinski definition) is 1. The van der Waals surface area contributed by atoms with Crippen LogP contribution in [0.2, 0.25) is 0 Å². The minimum Gasteiger partial charge on any atom is -0.493 e. The average Bonchev–Trinajstić information content (AvgIpc) is 2.77. The maximum atomic E-state index is 12.8. The van der Waals surface area contributed by atoms with E-state index in [1.807, 2.05) is 0 Å². The summed E-state index contributed by atoms with van der Waals surface area (Å²) in [5.41, 5.74) is 0.941. The first kappa shape index (κ1) is 23.7. The van der Waals surface area contributed by atoms with E-state index in [4.69, 9.17) is 9.47 Å². The fourth-order valence-corrected chi connectivity index (χ4v) is 5.17. The largest absolute Gasteiger partial charge is 0.493 e. The smallest absolute Gasteiger partial charge is 0.262 e. The van der Waals surface area contributed by atoms with Crippen LogP contribution in [0.4, 0.5) is 5.69 Å². The number of hydrogen-bond acceptors (Lipinski definition) is 6. The fourth-order valence-electron chi connectivity index (χ4n) is 3.57. The molecule has 3 rings (SSSR count). The molecule has 2 aromatic rings. The molecule has 32 heavy (non-hydrogen) atoms. The molecule has 0 bridgehead atoms. The van der Waals surface area contributed by atoms with E-state index in [0.717, 1.165) is 12.8 Å². The lowest BCUT2D eigenvalue weighted by atomic mass is 10.0. The van der Waals surface area contributed by atoms with Gasteiger partial charge in [-0.15, -0.1) is 0 Å². The third kappa shape index (κ3) is 5.66. The standard InChI is InChI=1S/C23H28N2O6S/c1-16-5-4-12-25(14-16)32(28,29)20-9-7-19(8-10-20)24-23(27)15-31-21-11-6-18(17(2)26)13-22(21)30-3/h6-11,13,16H,4-5,12,14-15H2,1-3H3,(H,24,27)/t16-/m1/s1. The third-order valence-electron chi connectivity index (χ3n) is 5.32. The molecule has 0 aromatic heterocycles. The van der Waals surface area contributed by atoms with E-state index >= 15 is 0 Å². The first-order valence-electron chi connectivity index (χ1n) is 10.4. The zero-order valence-electron chi connectivity index (χ0n) is 18.5. The number of carbonyl (C=O) groups is 2. The van der Waals surface area contributed by atoms with E-state index in [9.17, 15) is 18.0 Å². The summed E-state index contributed by atoms with van der Waals surface area (Å²) in [6, 6.07) is 10.8. The Hall–Kier alpha value is -2.91. The number of rotatable bonds is 8. The van der Waals surface area contributed by atoms with Gasteiger partial charge in [0.2, 0.25) is 10.0 Å². The van der Waals surface area contributed by atoms with Crippen LogP contribution in [0.15, 0.2) is 47.4 Å². The molecule has 0 unspecified atom stereocenters. The molecule has 1 fully saturated rings. The minimum atomic E-state index is -3.55. The molecule has 0 radical (unpaired) electrons.